The lowest BCUT2D eigenvalue weighted by Gasteiger charge is -2.26. The third kappa shape index (κ3) is 6.51. The Labute approximate surface area is 180 Å². The first kappa shape index (κ1) is 24.3. The Kier molecular flexibility index (Phi) is 8.00. The number of allylic oxidation sites excluding steroid dienone is 5. The maximum Gasteiger partial charge on any atom is 0.331 e. The van der Waals surface area contributed by atoms with E-state index in [4.69, 9.17) is 9.47 Å². The van der Waals surface area contributed by atoms with E-state index < -0.39 is 17.7 Å². The van der Waals surface area contributed by atoms with Gasteiger partial charge in [-0.25, -0.2) is 4.79 Å². The van der Waals surface area contributed by atoms with E-state index in [1.54, 1.807) is 0 Å². The molecular weight excluding hydrogens is 380 g/mol. The first-order valence-corrected chi connectivity index (χ1v) is 10.7. The molecule has 0 bridgehead atoms. The van der Waals surface area contributed by atoms with Gasteiger partial charge < -0.3 is 14.6 Å². The SMILES string of the molecule is CC(C)=CCC[C@]1(C)C=C[C@@H](OC(=O)C=C(C)C)[C@]2(C)O[C@H]2CC(=O)/C(CO)=C\C1. The van der Waals surface area contributed by atoms with Crippen LogP contribution >= 0.6 is 0 Å². The summed E-state index contributed by atoms with van der Waals surface area (Å²) in [5, 5.41) is 9.72. The van der Waals surface area contributed by atoms with Gasteiger partial charge in [-0.1, -0.05) is 36.3 Å². The average Bonchev–Trinajstić information content (AvgIpc) is 3.28. The van der Waals surface area contributed by atoms with Gasteiger partial charge in [0.1, 0.15) is 5.60 Å². The summed E-state index contributed by atoms with van der Waals surface area (Å²) < 4.78 is 11.6. The molecule has 5 heteroatoms. The molecule has 1 fully saturated rings. The predicted octanol–water partition coefficient (Wildman–Crippen LogP) is 4.61. The highest BCUT2D eigenvalue weighted by molar-refractivity contribution is 5.96. The summed E-state index contributed by atoms with van der Waals surface area (Å²) in [7, 11) is 0. The third-order valence-corrected chi connectivity index (χ3v) is 5.85. The van der Waals surface area contributed by atoms with Gasteiger partial charge in [0.15, 0.2) is 11.9 Å². The number of fused-ring (bicyclic) bond motifs is 1. The number of esters is 1. The number of ketones is 1. The van der Waals surface area contributed by atoms with Gasteiger partial charge in [-0.2, -0.15) is 0 Å². The maximum atomic E-state index is 12.7. The van der Waals surface area contributed by atoms with E-state index in [0.717, 1.165) is 18.4 Å². The molecule has 0 unspecified atom stereocenters. The van der Waals surface area contributed by atoms with Crippen molar-refractivity contribution in [2.24, 2.45) is 5.41 Å². The van der Waals surface area contributed by atoms with E-state index in [1.807, 2.05) is 32.9 Å². The second-order valence-corrected chi connectivity index (χ2v) is 9.42. The molecule has 1 saturated heterocycles. The van der Waals surface area contributed by atoms with Crippen LogP contribution in [0.2, 0.25) is 0 Å². The molecule has 166 valence electrons. The molecule has 0 spiro atoms. The number of rotatable bonds is 6. The number of carbonyl (C=O) groups excluding carboxylic acids is 2. The minimum atomic E-state index is -0.747. The van der Waals surface area contributed by atoms with Crippen LogP contribution in [-0.4, -0.2) is 41.3 Å². The van der Waals surface area contributed by atoms with Gasteiger partial charge in [0.2, 0.25) is 0 Å². The van der Waals surface area contributed by atoms with E-state index in [1.165, 1.54) is 11.6 Å². The van der Waals surface area contributed by atoms with Gasteiger partial charge in [0.05, 0.1) is 12.7 Å². The number of Topliss-reactive ketones (excluding diaryl/α,β-unsaturated/α-hetero) is 1. The van der Waals surface area contributed by atoms with Crippen LogP contribution in [0.25, 0.3) is 0 Å². The quantitative estimate of drug-likeness (QED) is 0.296. The molecule has 0 aromatic rings. The number of epoxide rings is 1. The fourth-order valence-corrected chi connectivity index (χ4v) is 3.70. The lowest BCUT2D eigenvalue weighted by molar-refractivity contribution is -0.143. The number of carbonyl (C=O) groups is 2. The first-order chi connectivity index (χ1) is 14.0. The lowest BCUT2D eigenvalue weighted by Crippen LogP contribution is -2.33. The van der Waals surface area contributed by atoms with Crippen LogP contribution in [0, 0.1) is 5.41 Å². The highest BCUT2D eigenvalue weighted by atomic mass is 16.6. The summed E-state index contributed by atoms with van der Waals surface area (Å²) in [4.78, 5) is 25.0. The standard InChI is InChI=1S/C25H36O5/c1-17(2)8-7-11-24(5)12-9-19(16-26)20(27)15-22-25(6,30-22)21(10-13-24)29-23(28)14-18(3)4/h8-10,13-14,21-22,26H,7,11-12,15-16H2,1-6H3/b13-10?,19-9-/t21-,22+,24+,25+/m1/s1. The first-order valence-electron chi connectivity index (χ1n) is 10.7. The molecule has 4 atom stereocenters. The largest absolute Gasteiger partial charge is 0.452 e. The van der Waals surface area contributed by atoms with Gasteiger partial charge in [0.25, 0.3) is 0 Å². The van der Waals surface area contributed by atoms with E-state index >= 15 is 0 Å². The highest BCUT2D eigenvalue weighted by Gasteiger charge is 2.59. The summed E-state index contributed by atoms with van der Waals surface area (Å²) in [5.41, 5.74) is 1.55. The molecule has 1 N–H and O–H groups in total. The van der Waals surface area contributed by atoms with Crippen LogP contribution in [0.5, 0.6) is 0 Å². The molecule has 0 amide bonds. The van der Waals surface area contributed by atoms with Crippen LogP contribution in [0.4, 0.5) is 0 Å². The normalized spacial score (nSPS) is 32.8. The third-order valence-electron chi connectivity index (χ3n) is 5.85. The summed E-state index contributed by atoms with van der Waals surface area (Å²) in [6.45, 7) is 11.5. The molecule has 30 heavy (non-hydrogen) atoms. The zero-order valence-corrected chi connectivity index (χ0v) is 19.2. The fraction of sp³-hybridized carbons (Fsp3) is 0.600. The Morgan fingerprint density at radius 2 is 1.97 bits per heavy atom. The Balaban J connectivity index is 2.37. The van der Waals surface area contributed by atoms with Crippen LogP contribution in [0.3, 0.4) is 0 Å². The number of hydrogen-bond donors (Lipinski definition) is 1. The maximum absolute atomic E-state index is 12.7. The topological polar surface area (TPSA) is 76.1 Å². The van der Waals surface area contributed by atoms with Crippen LogP contribution in [-0.2, 0) is 19.1 Å². The van der Waals surface area contributed by atoms with Crippen molar-refractivity contribution in [1.29, 1.82) is 0 Å². The fourth-order valence-electron chi connectivity index (χ4n) is 3.70. The zero-order valence-electron chi connectivity index (χ0n) is 19.2. The van der Waals surface area contributed by atoms with Crippen LogP contribution < -0.4 is 0 Å². The summed E-state index contributed by atoms with van der Waals surface area (Å²) in [6, 6.07) is 0. The molecule has 1 aliphatic carbocycles. The molecule has 0 aromatic carbocycles. The van der Waals surface area contributed by atoms with Gasteiger partial charge >= 0.3 is 5.97 Å². The number of ether oxygens (including phenoxy) is 2. The number of hydrogen-bond acceptors (Lipinski definition) is 5. The molecule has 2 rings (SSSR count). The minimum Gasteiger partial charge on any atom is -0.452 e. The van der Waals surface area contributed by atoms with Crippen molar-refractivity contribution < 1.29 is 24.2 Å². The Bertz CT molecular complexity index is 779. The number of aliphatic hydroxyl groups is 1. The monoisotopic (exact) mass is 416 g/mol. The van der Waals surface area contributed by atoms with Gasteiger partial charge in [-0.3, -0.25) is 4.79 Å². The molecule has 0 saturated carbocycles. The molecule has 1 aliphatic heterocycles. The van der Waals surface area contributed by atoms with Crippen molar-refractivity contribution in [3.8, 4) is 0 Å². The zero-order chi connectivity index (χ0) is 22.5. The van der Waals surface area contributed by atoms with Crippen molar-refractivity contribution in [3.05, 3.63) is 47.1 Å². The molecule has 0 radical (unpaired) electrons. The Morgan fingerprint density at radius 3 is 2.57 bits per heavy atom. The molecule has 2 aliphatic rings. The lowest BCUT2D eigenvalue weighted by atomic mass is 9.80. The number of aliphatic hydroxyl groups excluding tert-OH is 1. The molecule has 1 heterocycles. The van der Waals surface area contributed by atoms with Gasteiger partial charge in [-0.05, 0) is 65.4 Å². The van der Waals surface area contributed by atoms with Crippen molar-refractivity contribution in [2.45, 2.75) is 85.0 Å². The summed E-state index contributed by atoms with van der Waals surface area (Å²) in [5.74, 6) is -0.532. The van der Waals surface area contributed by atoms with E-state index in [9.17, 15) is 14.7 Å². The molecular formula is C25H36O5. The van der Waals surface area contributed by atoms with Crippen molar-refractivity contribution >= 4 is 11.8 Å². The van der Waals surface area contributed by atoms with Crippen molar-refractivity contribution in [2.75, 3.05) is 6.61 Å². The van der Waals surface area contributed by atoms with E-state index in [0.29, 0.717) is 12.0 Å². The Hall–Kier alpha value is -1.98. The predicted molar refractivity (Wildman–Crippen MR) is 118 cm³/mol. The minimum absolute atomic E-state index is 0.117. The van der Waals surface area contributed by atoms with E-state index in [2.05, 4.69) is 32.9 Å². The summed E-state index contributed by atoms with van der Waals surface area (Å²) in [6.07, 6.45) is 11.1. The molecule has 0 aromatic heterocycles. The highest BCUT2D eigenvalue weighted by Crippen LogP contribution is 2.45. The average molecular weight is 417 g/mol. The second kappa shape index (κ2) is 9.88. The van der Waals surface area contributed by atoms with Gasteiger partial charge in [0, 0.05) is 18.1 Å². The Morgan fingerprint density at radius 1 is 1.27 bits per heavy atom. The second-order valence-electron chi connectivity index (χ2n) is 9.42. The van der Waals surface area contributed by atoms with Crippen molar-refractivity contribution in [3.63, 3.8) is 0 Å². The van der Waals surface area contributed by atoms with Crippen LogP contribution in [0.1, 0.15) is 67.2 Å². The van der Waals surface area contributed by atoms with E-state index in [-0.39, 0.29) is 30.3 Å². The van der Waals surface area contributed by atoms with Crippen molar-refractivity contribution in [1.82, 2.24) is 0 Å². The molecule has 5 nitrogen and oxygen atoms in total. The van der Waals surface area contributed by atoms with Crippen LogP contribution in [0.15, 0.2) is 47.1 Å². The van der Waals surface area contributed by atoms with Gasteiger partial charge in [-0.15, -0.1) is 0 Å². The summed E-state index contributed by atoms with van der Waals surface area (Å²) >= 11 is 0. The smallest absolute Gasteiger partial charge is 0.331 e.